The zero-order chi connectivity index (χ0) is 21.6. The second-order valence-electron chi connectivity index (χ2n) is 6.33. The molecule has 0 radical (unpaired) electrons. The molecule has 0 aliphatic heterocycles. The van der Waals surface area contributed by atoms with Gasteiger partial charge in [-0.1, -0.05) is 32.0 Å². The van der Waals surface area contributed by atoms with Crippen LogP contribution in [0.4, 0.5) is 0 Å². The molecule has 0 amide bonds. The zero-order valence-corrected chi connectivity index (χ0v) is 17.8. The fourth-order valence-electron chi connectivity index (χ4n) is 2.79. The Labute approximate surface area is 171 Å². The molecule has 7 nitrogen and oxygen atoms in total. The quantitative estimate of drug-likeness (QED) is 0.611. The largest absolute Gasteiger partial charge is 0.465 e. The number of hydrogen-bond donors (Lipinski definition) is 0. The van der Waals surface area contributed by atoms with Gasteiger partial charge < -0.3 is 9.47 Å². The topological polar surface area (TPSA) is 90.0 Å². The molecule has 0 spiro atoms. The SMILES string of the molecule is CCN(CC)S(=O)(=O)c1cc(C(=O)OCc2ccc(C(=O)OC)cc2)ccc1C. The average molecular weight is 419 g/mol. The number of benzene rings is 2. The summed E-state index contributed by atoms with van der Waals surface area (Å²) in [6, 6.07) is 11.0. The van der Waals surface area contributed by atoms with E-state index in [4.69, 9.17) is 4.74 Å². The maximum Gasteiger partial charge on any atom is 0.338 e. The highest BCUT2D eigenvalue weighted by Crippen LogP contribution is 2.22. The number of hydrogen-bond acceptors (Lipinski definition) is 6. The molecule has 0 saturated heterocycles. The summed E-state index contributed by atoms with van der Waals surface area (Å²) in [4.78, 5) is 24.0. The smallest absolute Gasteiger partial charge is 0.338 e. The Bertz CT molecular complexity index is 979. The van der Waals surface area contributed by atoms with Crippen molar-refractivity contribution < 1.29 is 27.5 Å². The third-order valence-electron chi connectivity index (χ3n) is 4.49. The Morgan fingerprint density at radius 1 is 0.931 bits per heavy atom. The van der Waals surface area contributed by atoms with Gasteiger partial charge in [0.1, 0.15) is 6.61 Å². The number of carbonyl (C=O) groups is 2. The molecule has 0 unspecified atom stereocenters. The first-order valence-electron chi connectivity index (χ1n) is 9.19. The van der Waals surface area contributed by atoms with Gasteiger partial charge in [-0.05, 0) is 42.3 Å². The van der Waals surface area contributed by atoms with Crippen LogP contribution in [0.5, 0.6) is 0 Å². The van der Waals surface area contributed by atoms with E-state index in [-0.39, 0.29) is 17.1 Å². The first kappa shape index (κ1) is 22.6. The predicted molar refractivity (Wildman–Crippen MR) is 108 cm³/mol. The molecule has 0 bridgehead atoms. The second kappa shape index (κ2) is 9.67. The highest BCUT2D eigenvalue weighted by Gasteiger charge is 2.25. The summed E-state index contributed by atoms with van der Waals surface area (Å²) in [5, 5.41) is 0. The maximum atomic E-state index is 12.8. The number of carbonyl (C=O) groups excluding carboxylic acids is 2. The Kier molecular flexibility index (Phi) is 7.53. The fourth-order valence-corrected chi connectivity index (χ4v) is 4.50. The molecule has 0 aliphatic carbocycles. The van der Waals surface area contributed by atoms with Gasteiger partial charge in [0.25, 0.3) is 0 Å². The van der Waals surface area contributed by atoms with Gasteiger partial charge in [-0.25, -0.2) is 18.0 Å². The second-order valence-corrected chi connectivity index (χ2v) is 8.24. The number of nitrogens with zero attached hydrogens (tertiary/aromatic N) is 1. The Morgan fingerprint density at radius 2 is 1.52 bits per heavy atom. The molecule has 2 aromatic carbocycles. The third-order valence-corrected chi connectivity index (χ3v) is 6.68. The fraction of sp³-hybridized carbons (Fsp3) is 0.333. The number of sulfonamides is 1. The lowest BCUT2D eigenvalue weighted by molar-refractivity contribution is 0.0471. The highest BCUT2D eigenvalue weighted by atomic mass is 32.2. The molecule has 0 aromatic heterocycles. The van der Waals surface area contributed by atoms with E-state index in [9.17, 15) is 18.0 Å². The summed E-state index contributed by atoms with van der Waals surface area (Å²) >= 11 is 0. The van der Waals surface area contributed by atoms with Gasteiger partial charge >= 0.3 is 11.9 Å². The summed E-state index contributed by atoms with van der Waals surface area (Å²) in [7, 11) is -2.39. The summed E-state index contributed by atoms with van der Waals surface area (Å²) in [5.41, 5.74) is 1.81. The van der Waals surface area contributed by atoms with Crippen LogP contribution in [0.3, 0.4) is 0 Å². The van der Waals surface area contributed by atoms with Crippen LogP contribution in [0.25, 0.3) is 0 Å². The van der Waals surface area contributed by atoms with Gasteiger partial charge in [0.2, 0.25) is 10.0 Å². The van der Waals surface area contributed by atoms with E-state index in [2.05, 4.69) is 4.74 Å². The third kappa shape index (κ3) is 5.21. The van der Waals surface area contributed by atoms with Crippen molar-refractivity contribution >= 4 is 22.0 Å². The lowest BCUT2D eigenvalue weighted by Gasteiger charge is -2.20. The van der Waals surface area contributed by atoms with E-state index >= 15 is 0 Å². The molecule has 0 atom stereocenters. The van der Waals surface area contributed by atoms with Crippen molar-refractivity contribution in [3.8, 4) is 0 Å². The maximum absolute atomic E-state index is 12.8. The van der Waals surface area contributed by atoms with Crippen LogP contribution in [-0.2, 0) is 26.1 Å². The number of methoxy groups -OCH3 is 1. The van der Waals surface area contributed by atoms with Crippen molar-refractivity contribution in [1.82, 2.24) is 4.31 Å². The number of esters is 2. The van der Waals surface area contributed by atoms with Crippen LogP contribution < -0.4 is 0 Å². The number of aryl methyl sites for hydroxylation is 1. The standard InChI is InChI=1S/C21H25NO6S/c1-5-22(6-2)29(25,26)19-13-18(10-7-15(19)3)21(24)28-14-16-8-11-17(12-9-16)20(23)27-4/h7-13H,5-6,14H2,1-4H3. The molecule has 8 heteroatoms. The molecule has 0 fully saturated rings. The first-order valence-corrected chi connectivity index (χ1v) is 10.6. The highest BCUT2D eigenvalue weighted by molar-refractivity contribution is 7.89. The van der Waals surface area contributed by atoms with Crippen LogP contribution in [0.1, 0.15) is 45.7 Å². The van der Waals surface area contributed by atoms with Crippen LogP contribution in [0.15, 0.2) is 47.4 Å². The molecule has 0 saturated carbocycles. The minimum atomic E-state index is -3.69. The minimum absolute atomic E-state index is 0.00765. The molecular formula is C21H25NO6S. The van der Waals surface area contributed by atoms with Crippen LogP contribution >= 0.6 is 0 Å². The first-order chi connectivity index (χ1) is 13.7. The summed E-state index contributed by atoms with van der Waals surface area (Å²) in [5.74, 6) is -1.08. The molecule has 0 N–H and O–H groups in total. The molecule has 0 aliphatic rings. The Morgan fingerprint density at radius 3 is 2.07 bits per heavy atom. The van der Waals surface area contributed by atoms with Crippen LogP contribution in [0, 0.1) is 6.92 Å². The van der Waals surface area contributed by atoms with E-state index in [1.165, 1.54) is 17.5 Å². The van der Waals surface area contributed by atoms with Crippen LogP contribution in [0.2, 0.25) is 0 Å². The lowest BCUT2D eigenvalue weighted by atomic mass is 10.1. The van der Waals surface area contributed by atoms with Gasteiger partial charge in [-0.2, -0.15) is 4.31 Å². The predicted octanol–water partition coefficient (Wildman–Crippen LogP) is 3.17. The molecule has 29 heavy (non-hydrogen) atoms. The summed E-state index contributed by atoms with van der Waals surface area (Å²) in [6.45, 7) is 5.89. The van der Waals surface area contributed by atoms with Gasteiger partial charge in [0.15, 0.2) is 0 Å². The molecule has 0 heterocycles. The number of ether oxygens (including phenoxy) is 2. The van der Waals surface area contributed by atoms with Crippen molar-refractivity contribution in [3.63, 3.8) is 0 Å². The van der Waals surface area contributed by atoms with Gasteiger partial charge in [-0.15, -0.1) is 0 Å². The van der Waals surface area contributed by atoms with E-state index in [1.807, 2.05) is 0 Å². The lowest BCUT2D eigenvalue weighted by Crippen LogP contribution is -2.31. The van der Waals surface area contributed by atoms with Crippen molar-refractivity contribution in [2.24, 2.45) is 0 Å². The molecular weight excluding hydrogens is 394 g/mol. The normalized spacial score (nSPS) is 11.3. The Hall–Kier alpha value is -2.71. The van der Waals surface area contributed by atoms with E-state index in [1.54, 1.807) is 57.2 Å². The molecule has 2 rings (SSSR count). The van der Waals surface area contributed by atoms with Gasteiger partial charge in [-0.3, -0.25) is 0 Å². The summed E-state index contributed by atoms with van der Waals surface area (Å²) in [6.07, 6.45) is 0. The van der Waals surface area contributed by atoms with Gasteiger partial charge in [0.05, 0.1) is 23.1 Å². The zero-order valence-electron chi connectivity index (χ0n) is 17.0. The molecule has 156 valence electrons. The van der Waals surface area contributed by atoms with Gasteiger partial charge in [0, 0.05) is 13.1 Å². The van der Waals surface area contributed by atoms with Crippen molar-refractivity contribution in [2.75, 3.05) is 20.2 Å². The Balaban J connectivity index is 2.17. The monoisotopic (exact) mass is 419 g/mol. The van der Waals surface area contributed by atoms with Crippen LogP contribution in [-0.4, -0.2) is 44.9 Å². The van der Waals surface area contributed by atoms with E-state index < -0.39 is 22.0 Å². The molecule has 2 aromatic rings. The summed E-state index contributed by atoms with van der Waals surface area (Å²) < 4.78 is 36.9. The minimum Gasteiger partial charge on any atom is -0.465 e. The van der Waals surface area contributed by atoms with E-state index in [0.29, 0.717) is 29.8 Å². The van der Waals surface area contributed by atoms with Crippen molar-refractivity contribution in [2.45, 2.75) is 32.3 Å². The number of rotatable bonds is 8. The van der Waals surface area contributed by atoms with Crippen molar-refractivity contribution in [1.29, 1.82) is 0 Å². The van der Waals surface area contributed by atoms with Crippen molar-refractivity contribution in [3.05, 3.63) is 64.7 Å². The average Bonchev–Trinajstić information content (AvgIpc) is 2.72. The van der Waals surface area contributed by atoms with E-state index in [0.717, 1.165) is 0 Å².